The molecule has 7 nitrogen and oxygen atoms in total. The molecule has 2 atom stereocenters. The minimum atomic E-state index is -1.01. The van der Waals surface area contributed by atoms with Crippen LogP contribution in [0.4, 0.5) is 4.39 Å². The molecular weight excluding hydrogens is 445 g/mol. The van der Waals surface area contributed by atoms with Crippen LogP contribution in [-0.2, 0) is 14.4 Å². The van der Waals surface area contributed by atoms with Crippen molar-refractivity contribution in [2.75, 3.05) is 45.8 Å². The van der Waals surface area contributed by atoms with Gasteiger partial charge in [-0.3, -0.25) is 24.2 Å². The first kappa shape index (κ1) is 23.9. The number of halogens is 1. The first-order chi connectivity index (χ1) is 15.8. The summed E-state index contributed by atoms with van der Waals surface area (Å²) in [5.74, 6) is -1.44. The molecule has 1 aromatic carbocycles. The highest BCUT2D eigenvalue weighted by molar-refractivity contribution is 7.81. The van der Waals surface area contributed by atoms with Crippen molar-refractivity contribution in [3.8, 4) is 0 Å². The number of nitrogens with zero attached hydrogens (tertiary/aromatic N) is 3. The third kappa shape index (κ3) is 5.83. The Kier molecular flexibility index (Phi) is 7.51. The van der Waals surface area contributed by atoms with Crippen LogP contribution in [0.2, 0.25) is 0 Å². The zero-order valence-electron chi connectivity index (χ0n) is 18.5. The molecule has 4 rings (SSSR count). The van der Waals surface area contributed by atoms with Crippen molar-refractivity contribution in [1.82, 2.24) is 14.7 Å². The van der Waals surface area contributed by atoms with Gasteiger partial charge in [0.05, 0.1) is 12.6 Å². The molecule has 2 saturated heterocycles. The molecule has 2 heterocycles. The number of likely N-dealkylation sites (tertiary alicyclic amines) is 1. The maximum absolute atomic E-state index is 14.7. The standard InChI is InChI=1S/C24H30FN3O4S/c25-19-4-2-1-3-18(19)23(24(32)16-5-6-16)28-10-8-20(33)17(13-28)7-9-26-11-12-27(15-22(30)31)21(29)14-26/h1-4,7,16,20,23,33H,5-6,8-15H2,(H,30,31). The van der Waals surface area contributed by atoms with Crippen LogP contribution in [-0.4, -0.2) is 88.5 Å². The number of rotatable bonds is 8. The number of carboxylic acids is 1. The van der Waals surface area contributed by atoms with E-state index in [1.165, 1.54) is 11.0 Å². The van der Waals surface area contributed by atoms with Crippen molar-refractivity contribution in [2.45, 2.75) is 30.6 Å². The summed E-state index contributed by atoms with van der Waals surface area (Å²) in [6, 6.07) is 5.93. The van der Waals surface area contributed by atoms with E-state index in [1.807, 2.05) is 4.90 Å². The highest BCUT2D eigenvalue weighted by Gasteiger charge is 2.40. The van der Waals surface area contributed by atoms with Gasteiger partial charge in [0.25, 0.3) is 0 Å². The highest BCUT2D eigenvalue weighted by atomic mass is 32.1. The van der Waals surface area contributed by atoms with E-state index in [1.54, 1.807) is 18.2 Å². The molecule has 1 saturated carbocycles. The number of aliphatic carboxylic acids is 1. The van der Waals surface area contributed by atoms with Gasteiger partial charge in [-0.05, 0) is 30.9 Å². The summed E-state index contributed by atoms with van der Waals surface area (Å²) >= 11 is 4.73. The number of hydrogen-bond acceptors (Lipinski definition) is 6. The first-order valence-corrected chi connectivity index (χ1v) is 12.0. The smallest absolute Gasteiger partial charge is 0.323 e. The summed E-state index contributed by atoms with van der Waals surface area (Å²) in [4.78, 5) is 41.7. The number of ketones is 1. The minimum absolute atomic E-state index is 0.0175. The molecule has 1 amide bonds. The van der Waals surface area contributed by atoms with E-state index in [-0.39, 0.29) is 41.8 Å². The van der Waals surface area contributed by atoms with Crippen molar-refractivity contribution in [3.63, 3.8) is 0 Å². The van der Waals surface area contributed by atoms with Gasteiger partial charge in [0, 0.05) is 49.5 Å². The summed E-state index contributed by atoms with van der Waals surface area (Å²) in [7, 11) is 0. The largest absolute Gasteiger partial charge is 0.480 e. The lowest BCUT2D eigenvalue weighted by Gasteiger charge is -2.38. The molecule has 0 radical (unpaired) electrons. The van der Waals surface area contributed by atoms with Crippen molar-refractivity contribution in [3.05, 3.63) is 47.3 Å². The van der Waals surface area contributed by atoms with Crippen molar-refractivity contribution in [2.24, 2.45) is 5.92 Å². The predicted octanol–water partition coefficient (Wildman–Crippen LogP) is 2.01. The number of thiol groups is 1. The normalized spacial score (nSPS) is 24.8. The van der Waals surface area contributed by atoms with Gasteiger partial charge in [0.1, 0.15) is 12.4 Å². The van der Waals surface area contributed by atoms with E-state index in [2.05, 4.69) is 11.0 Å². The molecule has 2 unspecified atom stereocenters. The molecule has 1 aromatic rings. The zero-order valence-corrected chi connectivity index (χ0v) is 19.4. The molecule has 3 aliphatic rings. The second kappa shape index (κ2) is 10.4. The van der Waals surface area contributed by atoms with Crippen LogP contribution in [0.1, 0.15) is 30.9 Å². The fraction of sp³-hybridized carbons (Fsp3) is 0.542. The lowest BCUT2D eigenvalue weighted by atomic mass is 9.93. The molecule has 0 spiro atoms. The summed E-state index contributed by atoms with van der Waals surface area (Å²) in [6.45, 7) is 2.63. The molecule has 178 valence electrons. The Morgan fingerprint density at radius 2 is 1.91 bits per heavy atom. The van der Waals surface area contributed by atoms with Crippen LogP contribution in [0.15, 0.2) is 35.9 Å². The lowest BCUT2D eigenvalue weighted by molar-refractivity contribution is -0.146. The number of carboxylic acid groups (broad SMARTS) is 1. The first-order valence-electron chi connectivity index (χ1n) is 11.4. The minimum Gasteiger partial charge on any atom is -0.480 e. The van der Waals surface area contributed by atoms with Crippen molar-refractivity contribution in [1.29, 1.82) is 0 Å². The van der Waals surface area contributed by atoms with Gasteiger partial charge in [0.15, 0.2) is 5.78 Å². The topological polar surface area (TPSA) is 81.2 Å². The second-order valence-corrected chi connectivity index (χ2v) is 9.72. The molecule has 0 aromatic heterocycles. The number of benzene rings is 1. The quantitative estimate of drug-likeness (QED) is 0.442. The number of amides is 1. The van der Waals surface area contributed by atoms with Crippen LogP contribution < -0.4 is 0 Å². The monoisotopic (exact) mass is 475 g/mol. The van der Waals surface area contributed by atoms with E-state index >= 15 is 0 Å². The van der Waals surface area contributed by atoms with Gasteiger partial charge in [-0.25, -0.2) is 4.39 Å². The predicted molar refractivity (Wildman–Crippen MR) is 125 cm³/mol. The average molecular weight is 476 g/mol. The Labute approximate surface area is 198 Å². The zero-order chi connectivity index (χ0) is 23.5. The average Bonchev–Trinajstić information content (AvgIpc) is 3.62. The molecule has 2 aliphatic heterocycles. The van der Waals surface area contributed by atoms with Crippen molar-refractivity contribution >= 4 is 30.3 Å². The van der Waals surface area contributed by atoms with E-state index in [0.29, 0.717) is 38.3 Å². The van der Waals surface area contributed by atoms with Crippen LogP contribution in [0.5, 0.6) is 0 Å². The van der Waals surface area contributed by atoms with E-state index in [0.717, 1.165) is 24.8 Å². The van der Waals surface area contributed by atoms with Crippen LogP contribution in [0.25, 0.3) is 0 Å². The fourth-order valence-corrected chi connectivity index (χ4v) is 4.92. The molecule has 0 bridgehead atoms. The van der Waals surface area contributed by atoms with Crippen LogP contribution in [0, 0.1) is 11.7 Å². The molecular formula is C24H30FN3O4S. The Bertz CT molecular complexity index is 951. The van der Waals surface area contributed by atoms with Gasteiger partial charge in [-0.15, -0.1) is 0 Å². The SMILES string of the molecule is O=C(O)CN1CCN(CC=C2CN(C(C(=O)C3CC3)c3ccccc3F)CCC2S)CC1=O. The highest BCUT2D eigenvalue weighted by Crippen LogP contribution is 2.39. The van der Waals surface area contributed by atoms with Crippen LogP contribution in [0.3, 0.4) is 0 Å². The molecule has 9 heteroatoms. The number of carbonyl (C=O) groups excluding carboxylic acids is 2. The Morgan fingerprint density at radius 3 is 2.58 bits per heavy atom. The number of piperidine rings is 1. The summed E-state index contributed by atoms with van der Waals surface area (Å²) in [6.07, 6.45) is 4.56. The third-order valence-electron chi connectivity index (χ3n) is 6.65. The third-order valence-corrected chi connectivity index (χ3v) is 7.24. The maximum atomic E-state index is 14.7. The van der Waals surface area contributed by atoms with Gasteiger partial charge < -0.3 is 10.0 Å². The van der Waals surface area contributed by atoms with Gasteiger partial charge in [0.2, 0.25) is 5.91 Å². The Hall–Kier alpha value is -2.23. The molecule has 3 fully saturated rings. The maximum Gasteiger partial charge on any atom is 0.323 e. The number of carbonyl (C=O) groups is 3. The summed E-state index contributed by atoms with van der Waals surface area (Å²) < 4.78 is 14.7. The fourth-order valence-electron chi connectivity index (χ4n) is 4.62. The number of piperazine rings is 1. The summed E-state index contributed by atoms with van der Waals surface area (Å²) in [5.41, 5.74) is 1.50. The van der Waals surface area contributed by atoms with E-state index in [4.69, 9.17) is 17.7 Å². The van der Waals surface area contributed by atoms with Gasteiger partial charge in [-0.2, -0.15) is 12.6 Å². The van der Waals surface area contributed by atoms with Crippen molar-refractivity contribution < 1.29 is 23.9 Å². The lowest BCUT2D eigenvalue weighted by Crippen LogP contribution is -2.51. The number of hydrogen-bond donors (Lipinski definition) is 2. The van der Waals surface area contributed by atoms with E-state index in [9.17, 15) is 18.8 Å². The number of Topliss-reactive ketones (excluding diaryl/α,β-unsaturated/α-hetero) is 1. The van der Waals surface area contributed by atoms with Gasteiger partial charge >= 0.3 is 5.97 Å². The summed E-state index contributed by atoms with van der Waals surface area (Å²) in [5, 5.41) is 8.96. The van der Waals surface area contributed by atoms with Crippen LogP contribution >= 0.6 is 12.6 Å². The molecule has 1 N–H and O–H groups in total. The molecule has 1 aliphatic carbocycles. The van der Waals surface area contributed by atoms with E-state index < -0.39 is 12.0 Å². The second-order valence-electron chi connectivity index (χ2n) is 9.10. The molecule has 33 heavy (non-hydrogen) atoms. The van der Waals surface area contributed by atoms with Gasteiger partial charge in [-0.1, -0.05) is 24.3 Å². The Morgan fingerprint density at radius 1 is 1.15 bits per heavy atom. The Balaban J connectivity index is 1.45.